The minimum Gasteiger partial charge on any atom is -0.320 e. The lowest BCUT2D eigenvalue weighted by Gasteiger charge is -2.20. The van der Waals surface area contributed by atoms with E-state index in [1.165, 1.54) is 11.1 Å². The zero-order chi connectivity index (χ0) is 14.2. The van der Waals surface area contributed by atoms with Crippen molar-refractivity contribution < 1.29 is 4.39 Å². The van der Waals surface area contributed by atoms with Crippen LogP contribution >= 0.6 is 0 Å². The zero-order valence-electron chi connectivity index (χ0n) is 11.9. The Bertz CT molecular complexity index is 594. The first-order chi connectivity index (χ1) is 8.90. The quantitative estimate of drug-likeness (QED) is 0.861. The molecule has 0 spiro atoms. The number of benzene rings is 2. The molecule has 0 bridgehead atoms. The Morgan fingerprint density at radius 3 is 2.05 bits per heavy atom. The molecule has 0 aliphatic rings. The van der Waals surface area contributed by atoms with Gasteiger partial charge < -0.3 is 5.73 Å². The van der Waals surface area contributed by atoms with Crippen LogP contribution in [0.4, 0.5) is 4.39 Å². The third kappa shape index (κ3) is 2.69. The standard InChI is InChI=1S/C17H20FN/c1-10-5-6-11(2)15(7-10)17(19)16-12(3)8-14(18)9-13(16)4/h5-9,17H,19H2,1-4H3. The molecule has 0 fully saturated rings. The van der Waals surface area contributed by atoms with Gasteiger partial charge in [-0.05, 0) is 67.6 Å². The molecule has 2 aromatic rings. The van der Waals surface area contributed by atoms with Crippen LogP contribution in [0.5, 0.6) is 0 Å². The van der Waals surface area contributed by atoms with Gasteiger partial charge in [-0.15, -0.1) is 0 Å². The highest BCUT2D eigenvalue weighted by molar-refractivity contribution is 5.45. The molecule has 0 aliphatic heterocycles. The Morgan fingerprint density at radius 2 is 1.47 bits per heavy atom. The molecule has 0 saturated carbocycles. The molecule has 1 nitrogen and oxygen atoms in total. The summed E-state index contributed by atoms with van der Waals surface area (Å²) in [7, 11) is 0. The van der Waals surface area contributed by atoms with E-state index >= 15 is 0 Å². The Balaban J connectivity index is 2.56. The molecule has 0 aromatic heterocycles. The van der Waals surface area contributed by atoms with Crippen molar-refractivity contribution in [1.82, 2.24) is 0 Å². The summed E-state index contributed by atoms with van der Waals surface area (Å²) < 4.78 is 13.4. The monoisotopic (exact) mass is 257 g/mol. The van der Waals surface area contributed by atoms with Crippen LogP contribution in [-0.2, 0) is 0 Å². The van der Waals surface area contributed by atoms with Gasteiger partial charge in [0.25, 0.3) is 0 Å². The van der Waals surface area contributed by atoms with Gasteiger partial charge in [-0.2, -0.15) is 0 Å². The summed E-state index contributed by atoms with van der Waals surface area (Å²) in [4.78, 5) is 0. The van der Waals surface area contributed by atoms with E-state index in [0.29, 0.717) is 0 Å². The van der Waals surface area contributed by atoms with Gasteiger partial charge in [0.1, 0.15) is 5.82 Å². The summed E-state index contributed by atoms with van der Waals surface area (Å²) in [5, 5.41) is 0. The highest BCUT2D eigenvalue weighted by atomic mass is 19.1. The lowest BCUT2D eigenvalue weighted by Crippen LogP contribution is -2.16. The summed E-state index contributed by atoms with van der Waals surface area (Å²) in [6, 6.07) is 9.16. The van der Waals surface area contributed by atoms with E-state index in [1.54, 1.807) is 12.1 Å². The third-order valence-electron chi connectivity index (χ3n) is 3.64. The molecular formula is C17H20FN. The molecular weight excluding hydrogens is 237 g/mol. The Morgan fingerprint density at radius 1 is 0.895 bits per heavy atom. The second-order valence-electron chi connectivity index (χ2n) is 5.29. The molecule has 0 amide bonds. The van der Waals surface area contributed by atoms with Crippen molar-refractivity contribution in [3.63, 3.8) is 0 Å². The maximum Gasteiger partial charge on any atom is 0.123 e. The molecule has 1 atom stereocenters. The fraction of sp³-hybridized carbons (Fsp3) is 0.294. The summed E-state index contributed by atoms with van der Waals surface area (Å²) in [5.74, 6) is -0.202. The van der Waals surface area contributed by atoms with Crippen LogP contribution in [0.1, 0.15) is 39.4 Å². The predicted octanol–water partition coefficient (Wildman–Crippen LogP) is 4.11. The Labute approximate surface area is 114 Å². The minimum atomic E-state index is -0.208. The van der Waals surface area contributed by atoms with Crippen LogP contribution in [0.2, 0.25) is 0 Å². The average molecular weight is 257 g/mol. The largest absolute Gasteiger partial charge is 0.320 e. The lowest BCUT2D eigenvalue weighted by molar-refractivity contribution is 0.623. The van der Waals surface area contributed by atoms with E-state index in [2.05, 4.69) is 32.0 Å². The van der Waals surface area contributed by atoms with E-state index in [9.17, 15) is 4.39 Å². The lowest BCUT2D eigenvalue weighted by atomic mass is 9.89. The number of nitrogens with two attached hydrogens (primary N) is 1. The number of hydrogen-bond acceptors (Lipinski definition) is 1. The number of hydrogen-bond donors (Lipinski definition) is 1. The van der Waals surface area contributed by atoms with Crippen molar-refractivity contribution in [2.45, 2.75) is 33.7 Å². The third-order valence-corrected chi connectivity index (χ3v) is 3.64. The summed E-state index contributed by atoms with van der Waals surface area (Å²) in [6.45, 7) is 7.94. The highest BCUT2D eigenvalue weighted by Gasteiger charge is 2.17. The molecule has 0 heterocycles. The first kappa shape index (κ1) is 13.8. The molecule has 2 rings (SSSR count). The number of rotatable bonds is 2. The maximum absolute atomic E-state index is 13.4. The predicted molar refractivity (Wildman–Crippen MR) is 77.8 cm³/mol. The van der Waals surface area contributed by atoms with Crippen LogP contribution in [0.25, 0.3) is 0 Å². The van der Waals surface area contributed by atoms with Gasteiger partial charge in [0.05, 0.1) is 6.04 Å². The van der Waals surface area contributed by atoms with Crippen LogP contribution in [0.3, 0.4) is 0 Å². The van der Waals surface area contributed by atoms with Gasteiger partial charge in [0.15, 0.2) is 0 Å². The smallest absolute Gasteiger partial charge is 0.123 e. The fourth-order valence-electron chi connectivity index (χ4n) is 2.66. The van der Waals surface area contributed by atoms with Gasteiger partial charge in [-0.25, -0.2) is 4.39 Å². The molecule has 19 heavy (non-hydrogen) atoms. The summed E-state index contributed by atoms with van der Waals surface area (Å²) in [6.07, 6.45) is 0. The first-order valence-corrected chi connectivity index (χ1v) is 6.49. The van der Waals surface area contributed by atoms with Gasteiger partial charge in [-0.3, -0.25) is 0 Å². The molecule has 1 unspecified atom stereocenters. The van der Waals surface area contributed by atoms with Crippen molar-refractivity contribution in [3.8, 4) is 0 Å². The SMILES string of the molecule is Cc1ccc(C)c(C(N)c2c(C)cc(F)cc2C)c1. The summed E-state index contributed by atoms with van der Waals surface area (Å²) in [5.41, 5.74) is 12.7. The highest BCUT2D eigenvalue weighted by Crippen LogP contribution is 2.29. The molecule has 0 saturated heterocycles. The number of halogens is 1. The van der Waals surface area contributed by atoms with E-state index < -0.39 is 0 Å². The normalized spacial score (nSPS) is 12.5. The Hall–Kier alpha value is -1.67. The first-order valence-electron chi connectivity index (χ1n) is 6.49. The molecule has 2 aromatic carbocycles. The van der Waals surface area contributed by atoms with Crippen molar-refractivity contribution in [3.05, 3.63) is 69.5 Å². The zero-order valence-corrected chi connectivity index (χ0v) is 11.9. The minimum absolute atomic E-state index is 0.202. The summed E-state index contributed by atoms with van der Waals surface area (Å²) >= 11 is 0. The number of aryl methyl sites for hydroxylation is 4. The topological polar surface area (TPSA) is 26.0 Å². The fourth-order valence-corrected chi connectivity index (χ4v) is 2.66. The molecule has 2 heteroatoms. The van der Waals surface area contributed by atoms with Crippen molar-refractivity contribution in [2.24, 2.45) is 5.73 Å². The van der Waals surface area contributed by atoms with Crippen LogP contribution in [0.15, 0.2) is 30.3 Å². The molecule has 2 N–H and O–H groups in total. The van der Waals surface area contributed by atoms with E-state index in [-0.39, 0.29) is 11.9 Å². The van der Waals surface area contributed by atoms with Crippen LogP contribution in [-0.4, -0.2) is 0 Å². The van der Waals surface area contributed by atoms with Gasteiger partial charge in [0, 0.05) is 0 Å². The molecule has 0 radical (unpaired) electrons. The molecule has 100 valence electrons. The average Bonchev–Trinajstić information content (AvgIpc) is 2.30. The van der Waals surface area contributed by atoms with Gasteiger partial charge in [0.2, 0.25) is 0 Å². The van der Waals surface area contributed by atoms with Crippen molar-refractivity contribution in [2.75, 3.05) is 0 Å². The van der Waals surface area contributed by atoms with E-state index in [0.717, 1.165) is 22.3 Å². The van der Waals surface area contributed by atoms with Gasteiger partial charge >= 0.3 is 0 Å². The second kappa shape index (κ2) is 5.14. The maximum atomic E-state index is 13.4. The van der Waals surface area contributed by atoms with Crippen molar-refractivity contribution in [1.29, 1.82) is 0 Å². The van der Waals surface area contributed by atoms with Crippen LogP contribution < -0.4 is 5.73 Å². The van der Waals surface area contributed by atoms with E-state index in [1.807, 2.05) is 13.8 Å². The van der Waals surface area contributed by atoms with Crippen LogP contribution in [0, 0.1) is 33.5 Å². The second-order valence-corrected chi connectivity index (χ2v) is 5.29. The Kier molecular flexibility index (Phi) is 3.72. The van der Waals surface area contributed by atoms with Crippen molar-refractivity contribution >= 4 is 0 Å². The van der Waals surface area contributed by atoms with E-state index in [4.69, 9.17) is 5.73 Å². The molecule has 0 aliphatic carbocycles. The van der Waals surface area contributed by atoms with Gasteiger partial charge in [-0.1, -0.05) is 23.8 Å².